The van der Waals surface area contributed by atoms with Crippen LogP contribution in [-0.2, 0) is 16.1 Å². The molecule has 1 unspecified atom stereocenters. The lowest BCUT2D eigenvalue weighted by Gasteiger charge is -2.08. The summed E-state index contributed by atoms with van der Waals surface area (Å²) in [6.45, 7) is 1.11. The fourth-order valence-corrected chi connectivity index (χ4v) is 2.87. The highest BCUT2D eigenvalue weighted by molar-refractivity contribution is 7.13. The van der Waals surface area contributed by atoms with Crippen molar-refractivity contribution in [2.45, 2.75) is 25.5 Å². The second-order valence-corrected chi connectivity index (χ2v) is 5.44. The molecule has 2 aromatic heterocycles. The first-order chi connectivity index (χ1) is 9.83. The molecule has 1 saturated heterocycles. The SMILES string of the molecule is O=C(NCc1csc(-c2ccccn2)n1)C1CCCO1. The molecule has 104 valence electrons. The number of ether oxygens (including phenoxy) is 1. The van der Waals surface area contributed by atoms with Gasteiger partial charge in [-0.2, -0.15) is 0 Å². The van der Waals surface area contributed by atoms with Gasteiger partial charge in [-0.05, 0) is 25.0 Å². The summed E-state index contributed by atoms with van der Waals surface area (Å²) in [5, 5.41) is 5.68. The van der Waals surface area contributed by atoms with Crippen molar-refractivity contribution < 1.29 is 9.53 Å². The Kier molecular flexibility index (Phi) is 4.03. The lowest BCUT2D eigenvalue weighted by Crippen LogP contribution is -2.33. The van der Waals surface area contributed by atoms with Crippen LogP contribution in [-0.4, -0.2) is 28.6 Å². The van der Waals surface area contributed by atoms with Crippen molar-refractivity contribution in [2.75, 3.05) is 6.61 Å². The summed E-state index contributed by atoms with van der Waals surface area (Å²) in [6.07, 6.45) is 3.22. The minimum absolute atomic E-state index is 0.0464. The van der Waals surface area contributed by atoms with Gasteiger partial charge >= 0.3 is 0 Å². The molecule has 1 amide bonds. The molecule has 5 nitrogen and oxygen atoms in total. The normalized spacial score (nSPS) is 18.1. The summed E-state index contributed by atoms with van der Waals surface area (Å²) in [5.41, 5.74) is 1.70. The molecule has 6 heteroatoms. The van der Waals surface area contributed by atoms with E-state index in [0.717, 1.165) is 29.2 Å². The van der Waals surface area contributed by atoms with Crippen molar-refractivity contribution in [1.82, 2.24) is 15.3 Å². The van der Waals surface area contributed by atoms with Gasteiger partial charge in [-0.25, -0.2) is 4.98 Å². The average molecular weight is 289 g/mol. The van der Waals surface area contributed by atoms with Crippen molar-refractivity contribution in [1.29, 1.82) is 0 Å². The van der Waals surface area contributed by atoms with Gasteiger partial charge in [0.05, 0.1) is 17.9 Å². The van der Waals surface area contributed by atoms with E-state index in [1.807, 2.05) is 23.6 Å². The van der Waals surface area contributed by atoms with Gasteiger partial charge in [0, 0.05) is 18.2 Å². The largest absolute Gasteiger partial charge is 0.368 e. The Morgan fingerprint density at radius 1 is 1.50 bits per heavy atom. The van der Waals surface area contributed by atoms with Crippen LogP contribution in [0.25, 0.3) is 10.7 Å². The zero-order valence-corrected chi connectivity index (χ0v) is 11.7. The molecule has 3 rings (SSSR count). The molecule has 1 N–H and O–H groups in total. The van der Waals surface area contributed by atoms with Gasteiger partial charge in [-0.1, -0.05) is 6.07 Å². The van der Waals surface area contributed by atoms with Crippen LogP contribution < -0.4 is 5.32 Å². The maximum atomic E-state index is 11.8. The Morgan fingerprint density at radius 2 is 2.45 bits per heavy atom. The molecule has 0 aliphatic carbocycles. The summed E-state index contributed by atoms with van der Waals surface area (Å²) >= 11 is 1.53. The molecule has 3 heterocycles. The molecule has 0 radical (unpaired) electrons. The van der Waals surface area contributed by atoms with Crippen LogP contribution in [0.15, 0.2) is 29.8 Å². The third-order valence-electron chi connectivity index (χ3n) is 3.10. The van der Waals surface area contributed by atoms with Gasteiger partial charge in [-0.3, -0.25) is 9.78 Å². The number of carbonyl (C=O) groups excluding carboxylic acids is 1. The quantitative estimate of drug-likeness (QED) is 0.935. The van der Waals surface area contributed by atoms with Gasteiger partial charge in [0.25, 0.3) is 0 Å². The topological polar surface area (TPSA) is 64.1 Å². The molecule has 1 fully saturated rings. The van der Waals surface area contributed by atoms with Crippen molar-refractivity contribution in [3.63, 3.8) is 0 Å². The number of hydrogen-bond donors (Lipinski definition) is 1. The van der Waals surface area contributed by atoms with Crippen LogP contribution in [0.5, 0.6) is 0 Å². The second kappa shape index (κ2) is 6.11. The smallest absolute Gasteiger partial charge is 0.249 e. The van der Waals surface area contributed by atoms with E-state index < -0.39 is 0 Å². The van der Waals surface area contributed by atoms with Gasteiger partial charge < -0.3 is 10.1 Å². The van der Waals surface area contributed by atoms with E-state index in [1.165, 1.54) is 11.3 Å². The number of amides is 1. The first kappa shape index (κ1) is 13.2. The fourth-order valence-electron chi connectivity index (χ4n) is 2.07. The highest BCUT2D eigenvalue weighted by Crippen LogP contribution is 2.21. The monoisotopic (exact) mass is 289 g/mol. The van der Waals surface area contributed by atoms with Crippen molar-refractivity contribution in [3.8, 4) is 10.7 Å². The highest BCUT2D eigenvalue weighted by Gasteiger charge is 2.23. The van der Waals surface area contributed by atoms with Crippen LogP contribution in [0.4, 0.5) is 0 Å². The van der Waals surface area contributed by atoms with Crippen molar-refractivity contribution in [2.24, 2.45) is 0 Å². The Morgan fingerprint density at radius 3 is 3.20 bits per heavy atom. The maximum Gasteiger partial charge on any atom is 0.249 e. The number of thiazole rings is 1. The van der Waals surface area contributed by atoms with Crippen molar-refractivity contribution >= 4 is 17.2 Å². The van der Waals surface area contributed by atoms with Crippen LogP contribution >= 0.6 is 11.3 Å². The molecule has 1 aliphatic rings. The zero-order chi connectivity index (χ0) is 13.8. The number of hydrogen-bond acceptors (Lipinski definition) is 5. The van der Waals surface area contributed by atoms with E-state index in [4.69, 9.17) is 4.74 Å². The zero-order valence-electron chi connectivity index (χ0n) is 10.9. The molecule has 0 bridgehead atoms. The number of rotatable bonds is 4. The summed E-state index contributed by atoms with van der Waals surface area (Å²) in [4.78, 5) is 20.6. The lowest BCUT2D eigenvalue weighted by molar-refractivity contribution is -0.130. The number of aromatic nitrogens is 2. The van der Waals surface area contributed by atoms with Crippen molar-refractivity contribution in [3.05, 3.63) is 35.5 Å². The molecule has 1 aliphatic heterocycles. The molecule has 0 saturated carbocycles. The molecular formula is C14H15N3O2S. The molecule has 0 aromatic carbocycles. The van der Waals surface area contributed by atoms with Gasteiger partial charge in [0.1, 0.15) is 11.1 Å². The summed E-state index contributed by atoms with van der Waals surface area (Å²) < 4.78 is 5.34. The Bertz CT molecular complexity index is 579. The van der Waals surface area contributed by atoms with Gasteiger partial charge in [-0.15, -0.1) is 11.3 Å². The number of nitrogens with one attached hydrogen (secondary N) is 1. The van der Waals surface area contributed by atoms with E-state index in [-0.39, 0.29) is 12.0 Å². The number of pyridine rings is 1. The molecule has 0 spiro atoms. The minimum atomic E-state index is -0.288. The molecule has 2 aromatic rings. The average Bonchev–Trinajstić information content (AvgIpc) is 3.17. The van der Waals surface area contributed by atoms with Gasteiger partial charge in [0.2, 0.25) is 5.91 Å². The molecular weight excluding hydrogens is 274 g/mol. The van der Waals surface area contributed by atoms with E-state index in [9.17, 15) is 4.79 Å². The minimum Gasteiger partial charge on any atom is -0.368 e. The third-order valence-corrected chi connectivity index (χ3v) is 4.02. The lowest BCUT2D eigenvalue weighted by atomic mass is 10.2. The summed E-state index contributed by atoms with van der Waals surface area (Å²) in [6, 6.07) is 5.73. The third kappa shape index (κ3) is 3.02. The van der Waals surface area contributed by atoms with E-state index >= 15 is 0 Å². The predicted octanol–water partition coefficient (Wildman–Crippen LogP) is 2.00. The molecule has 1 atom stereocenters. The first-order valence-corrected chi connectivity index (χ1v) is 7.46. The summed E-state index contributed by atoms with van der Waals surface area (Å²) in [7, 11) is 0. The van der Waals surface area contributed by atoms with Crippen LogP contribution in [0.3, 0.4) is 0 Å². The Labute approximate surface area is 121 Å². The fraction of sp³-hybridized carbons (Fsp3) is 0.357. The predicted molar refractivity (Wildman–Crippen MR) is 76.2 cm³/mol. The number of nitrogens with zero attached hydrogens (tertiary/aromatic N) is 2. The van der Waals surface area contributed by atoms with Crippen LogP contribution in [0.1, 0.15) is 18.5 Å². The summed E-state index contributed by atoms with van der Waals surface area (Å²) in [5.74, 6) is -0.0464. The first-order valence-electron chi connectivity index (χ1n) is 6.58. The highest BCUT2D eigenvalue weighted by atomic mass is 32.1. The van der Waals surface area contributed by atoms with E-state index in [0.29, 0.717) is 13.2 Å². The number of carbonyl (C=O) groups is 1. The van der Waals surface area contributed by atoms with Gasteiger partial charge in [0.15, 0.2) is 0 Å². The Balaban J connectivity index is 1.59. The van der Waals surface area contributed by atoms with Crippen LogP contribution in [0, 0.1) is 0 Å². The van der Waals surface area contributed by atoms with Crippen LogP contribution in [0.2, 0.25) is 0 Å². The molecule has 20 heavy (non-hydrogen) atoms. The standard InChI is InChI=1S/C14H15N3O2S/c18-13(12-5-3-7-19-12)16-8-10-9-20-14(17-10)11-4-1-2-6-15-11/h1-2,4,6,9,12H,3,5,7-8H2,(H,16,18). The second-order valence-electron chi connectivity index (χ2n) is 4.58. The van der Waals surface area contributed by atoms with E-state index in [2.05, 4.69) is 15.3 Å². The van der Waals surface area contributed by atoms with E-state index in [1.54, 1.807) is 6.20 Å². The Hall–Kier alpha value is -1.79. The maximum absolute atomic E-state index is 11.8.